The van der Waals surface area contributed by atoms with E-state index >= 15 is 0 Å². The highest BCUT2D eigenvalue weighted by atomic mass is 32.2. The van der Waals surface area contributed by atoms with Crippen LogP contribution in [0.15, 0.2) is 77.8 Å². The van der Waals surface area contributed by atoms with E-state index in [2.05, 4.69) is 5.32 Å². The van der Waals surface area contributed by atoms with E-state index in [9.17, 15) is 22.8 Å². The third-order valence-corrected chi connectivity index (χ3v) is 6.84. The van der Waals surface area contributed by atoms with Crippen molar-refractivity contribution in [1.29, 1.82) is 0 Å². The Kier molecular flexibility index (Phi) is 4.87. The average Bonchev–Trinajstić information content (AvgIpc) is 3.13. The number of nitrogens with one attached hydrogen (secondary N) is 1. The van der Waals surface area contributed by atoms with Crippen molar-refractivity contribution in [3.8, 4) is 0 Å². The Morgan fingerprint density at radius 1 is 1.00 bits per heavy atom. The average molecular weight is 422 g/mol. The molecule has 0 saturated heterocycles. The molecule has 0 spiro atoms. The molecule has 1 amide bonds. The molecular weight excluding hydrogens is 404 g/mol. The fraction of sp³-hybridized carbons (Fsp3) is 0.136. The number of benzene rings is 2. The van der Waals surface area contributed by atoms with Crippen LogP contribution in [0, 0.1) is 5.92 Å². The smallest absolute Gasteiger partial charge is 0.264 e. The standard InChI is InChI=1S/C22H18N2O5S/c1-14(25)23-16-9-7-15(8-10-16)18-13-24(19-11-12-20(26)22(27)21(18)19)30(28,29)17-5-3-2-4-6-17/h2-13,19,21H,1H3,(H,23,25). The minimum atomic E-state index is -3.93. The van der Waals surface area contributed by atoms with Crippen LogP contribution < -0.4 is 5.32 Å². The maximum absolute atomic E-state index is 13.2. The van der Waals surface area contributed by atoms with Crippen LogP contribution in [0.2, 0.25) is 0 Å². The Bertz CT molecular complexity index is 1200. The number of sulfonamides is 1. The Labute approximate surface area is 173 Å². The Balaban J connectivity index is 1.80. The molecule has 1 aliphatic heterocycles. The lowest BCUT2D eigenvalue weighted by Crippen LogP contribution is -2.42. The maximum Gasteiger partial charge on any atom is 0.264 e. The molecule has 0 radical (unpaired) electrons. The second kappa shape index (κ2) is 7.38. The summed E-state index contributed by atoms with van der Waals surface area (Å²) in [5, 5.41) is 2.65. The molecule has 4 rings (SSSR count). The molecule has 2 aromatic carbocycles. The summed E-state index contributed by atoms with van der Waals surface area (Å²) in [6, 6.07) is 13.8. The first-order chi connectivity index (χ1) is 14.3. The summed E-state index contributed by atoms with van der Waals surface area (Å²) in [7, 11) is -3.93. The van der Waals surface area contributed by atoms with E-state index in [1.807, 2.05) is 0 Å². The fourth-order valence-corrected chi connectivity index (χ4v) is 5.20. The molecule has 0 saturated carbocycles. The van der Waals surface area contributed by atoms with Gasteiger partial charge in [-0.15, -0.1) is 0 Å². The van der Waals surface area contributed by atoms with Gasteiger partial charge in [0.05, 0.1) is 16.9 Å². The van der Waals surface area contributed by atoms with Crippen molar-refractivity contribution in [3.63, 3.8) is 0 Å². The van der Waals surface area contributed by atoms with E-state index in [-0.39, 0.29) is 10.8 Å². The second-order valence-corrected chi connectivity index (χ2v) is 8.89. The summed E-state index contributed by atoms with van der Waals surface area (Å²) in [5.41, 5.74) is 1.61. The SMILES string of the molecule is CC(=O)Nc1ccc(C2=CN(S(=O)(=O)c3ccccc3)C3C=CC(=O)C(=O)C23)cc1. The number of rotatable bonds is 4. The molecule has 0 fully saturated rings. The zero-order chi connectivity index (χ0) is 21.5. The van der Waals surface area contributed by atoms with Crippen LogP contribution in [0.5, 0.6) is 0 Å². The number of carbonyl (C=O) groups excluding carboxylic acids is 3. The number of fused-ring (bicyclic) bond motifs is 1. The molecule has 1 N–H and O–H groups in total. The number of allylic oxidation sites excluding steroid dienone is 1. The van der Waals surface area contributed by atoms with Crippen LogP contribution in [-0.2, 0) is 24.4 Å². The summed E-state index contributed by atoms with van der Waals surface area (Å²) in [6.45, 7) is 1.39. The van der Waals surface area contributed by atoms with Crippen molar-refractivity contribution in [2.24, 2.45) is 5.92 Å². The van der Waals surface area contributed by atoms with E-state index in [0.29, 0.717) is 16.8 Å². The van der Waals surface area contributed by atoms with Gasteiger partial charge in [-0.25, -0.2) is 8.42 Å². The highest BCUT2D eigenvalue weighted by Gasteiger charge is 2.47. The van der Waals surface area contributed by atoms with Gasteiger partial charge in [0.25, 0.3) is 10.0 Å². The largest absolute Gasteiger partial charge is 0.326 e. The topological polar surface area (TPSA) is 101 Å². The molecule has 1 aliphatic carbocycles. The molecule has 8 heteroatoms. The fourth-order valence-electron chi connectivity index (χ4n) is 3.70. The molecule has 2 aromatic rings. The van der Waals surface area contributed by atoms with E-state index in [1.54, 1.807) is 42.5 Å². The van der Waals surface area contributed by atoms with Gasteiger partial charge in [-0.1, -0.05) is 36.4 Å². The number of hydrogen-bond acceptors (Lipinski definition) is 5. The first kappa shape index (κ1) is 19.8. The number of carbonyl (C=O) groups is 3. The van der Waals surface area contributed by atoms with Gasteiger partial charge in [0.1, 0.15) is 0 Å². The third-order valence-electron chi connectivity index (χ3n) is 5.06. The lowest BCUT2D eigenvalue weighted by molar-refractivity contribution is -0.136. The molecule has 7 nitrogen and oxygen atoms in total. The number of amides is 1. The Morgan fingerprint density at radius 3 is 2.30 bits per heavy atom. The van der Waals surface area contributed by atoms with Gasteiger partial charge in [0.15, 0.2) is 0 Å². The van der Waals surface area contributed by atoms with Gasteiger partial charge < -0.3 is 5.32 Å². The molecule has 0 aromatic heterocycles. The zero-order valence-corrected chi connectivity index (χ0v) is 16.8. The number of Topliss-reactive ketones (excluding diaryl/α,β-unsaturated/α-hetero) is 1. The van der Waals surface area contributed by atoms with Crippen LogP contribution in [0.25, 0.3) is 5.57 Å². The Hall–Kier alpha value is -3.52. The summed E-state index contributed by atoms with van der Waals surface area (Å²) < 4.78 is 27.6. The minimum absolute atomic E-state index is 0.0972. The van der Waals surface area contributed by atoms with Gasteiger partial charge in [-0.3, -0.25) is 18.7 Å². The van der Waals surface area contributed by atoms with E-state index < -0.39 is 33.5 Å². The van der Waals surface area contributed by atoms with Gasteiger partial charge in [0.2, 0.25) is 17.5 Å². The van der Waals surface area contributed by atoms with E-state index in [4.69, 9.17) is 0 Å². The lowest BCUT2D eigenvalue weighted by atomic mass is 9.82. The van der Waals surface area contributed by atoms with Crippen molar-refractivity contribution in [1.82, 2.24) is 4.31 Å². The number of ketones is 2. The summed E-state index contributed by atoms with van der Waals surface area (Å²) >= 11 is 0. The van der Waals surface area contributed by atoms with Crippen molar-refractivity contribution in [2.45, 2.75) is 17.9 Å². The highest BCUT2D eigenvalue weighted by molar-refractivity contribution is 7.89. The van der Waals surface area contributed by atoms with E-state index in [1.165, 1.54) is 31.3 Å². The van der Waals surface area contributed by atoms with Crippen LogP contribution >= 0.6 is 0 Å². The number of nitrogens with zero attached hydrogens (tertiary/aromatic N) is 1. The first-order valence-electron chi connectivity index (χ1n) is 9.24. The van der Waals surface area contributed by atoms with E-state index in [0.717, 1.165) is 10.4 Å². The predicted octanol–water partition coefficient (Wildman–Crippen LogP) is 2.38. The van der Waals surface area contributed by atoms with Gasteiger partial charge in [-0.2, -0.15) is 0 Å². The Morgan fingerprint density at radius 2 is 1.67 bits per heavy atom. The minimum Gasteiger partial charge on any atom is -0.326 e. The summed E-state index contributed by atoms with van der Waals surface area (Å²) in [4.78, 5) is 36.0. The summed E-state index contributed by atoms with van der Waals surface area (Å²) in [5.74, 6) is -2.45. The highest BCUT2D eigenvalue weighted by Crippen LogP contribution is 2.41. The second-order valence-electron chi connectivity index (χ2n) is 7.05. The lowest BCUT2D eigenvalue weighted by Gasteiger charge is -2.28. The van der Waals surface area contributed by atoms with Crippen LogP contribution in [-0.4, -0.2) is 36.2 Å². The van der Waals surface area contributed by atoms with Gasteiger partial charge >= 0.3 is 0 Å². The molecule has 30 heavy (non-hydrogen) atoms. The van der Waals surface area contributed by atoms with Crippen LogP contribution in [0.1, 0.15) is 12.5 Å². The molecule has 2 aliphatic rings. The summed E-state index contributed by atoms with van der Waals surface area (Å²) in [6.07, 6.45) is 4.02. The van der Waals surface area contributed by atoms with Gasteiger partial charge in [-0.05, 0) is 41.5 Å². The van der Waals surface area contributed by atoms with Crippen molar-refractivity contribution >= 4 is 38.8 Å². The zero-order valence-electron chi connectivity index (χ0n) is 16.0. The first-order valence-corrected chi connectivity index (χ1v) is 10.7. The molecular formula is C22H18N2O5S. The number of anilines is 1. The molecule has 1 heterocycles. The van der Waals surface area contributed by atoms with Crippen LogP contribution in [0.4, 0.5) is 5.69 Å². The van der Waals surface area contributed by atoms with Crippen molar-refractivity contribution in [2.75, 3.05) is 5.32 Å². The predicted molar refractivity (Wildman–Crippen MR) is 111 cm³/mol. The number of hydrogen-bond donors (Lipinski definition) is 1. The molecule has 2 unspecified atom stereocenters. The molecule has 0 bridgehead atoms. The van der Waals surface area contributed by atoms with Crippen LogP contribution in [0.3, 0.4) is 0 Å². The monoisotopic (exact) mass is 422 g/mol. The molecule has 152 valence electrons. The quantitative estimate of drug-likeness (QED) is 0.763. The van der Waals surface area contributed by atoms with Crippen molar-refractivity contribution in [3.05, 3.63) is 78.5 Å². The third kappa shape index (κ3) is 3.35. The van der Waals surface area contributed by atoms with Crippen molar-refractivity contribution < 1.29 is 22.8 Å². The normalized spacial score (nSPS) is 20.7. The maximum atomic E-state index is 13.2. The molecule has 2 atom stereocenters. The van der Waals surface area contributed by atoms with Gasteiger partial charge in [0, 0.05) is 18.8 Å².